The molecule has 1 aromatic carbocycles. The zero-order chi connectivity index (χ0) is 12.1. The molecule has 0 spiro atoms. The van der Waals surface area contributed by atoms with Crippen molar-refractivity contribution in [1.29, 1.82) is 0 Å². The van der Waals surface area contributed by atoms with Gasteiger partial charge >= 0.3 is 0 Å². The van der Waals surface area contributed by atoms with E-state index in [-0.39, 0.29) is 5.78 Å². The van der Waals surface area contributed by atoms with E-state index in [0.29, 0.717) is 22.9 Å². The van der Waals surface area contributed by atoms with Crippen LogP contribution in [0.4, 0.5) is 0 Å². The van der Waals surface area contributed by atoms with Crippen molar-refractivity contribution >= 4 is 33.3 Å². The topological polar surface area (TPSA) is 17.1 Å². The number of hydrogen-bond donors (Lipinski definition) is 0. The summed E-state index contributed by atoms with van der Waals surface area (Å²) in [5, 5.41) is 0.531. The molecule has 0 fully saturated rings. The fourth-order valence-corrected chi connectivity index (χ4v) is 2.30. The van der Waals surface area contributed by atoms with Crippen LogP contribution in [0.2, 0.25) is 5.02 Å². The largest absolute Gasteiger partial charge is 0.294 e. The number of rotatable bonds is 5. The second-order valence-corrected chi connectivity index (χ2v) is 5.66. The van der Waals surface area contributed by atoms with Crippen LogP contribution in [0.1, 0.15) is 43.5 Å². The van der Waals surface area contributed by atoms with Crippen molar-refractivity contribution in [2.45, 2.75) is 33.1 Å². The van der Waals surface area contributed by atoms with Crippen LogP contribution < -0.4 is 0 Å². The zero-order valence-corrected chi connectivity index (χ0v) is 11.9. The summed E-state index contributed by atoms with van der Waals surface area (Å²) < 4.78 is 0.899. The Morgan fingerprint density at radius 1 is 1.44 bits per heavy atom. The minimum atomic E-state index is 0.137. The molecule has 1 nitrogen and oxygen atoms in total. The lowest BCUT2D eigenvalue weighted by Crippen LogP contribution is -2.01. The van der Waals surface area contributed by atoms with Gasteiger partial charge in [-0.25, -0.2) is 0 Å². The van der Waals surface area contributed by atoms with Crippen LogP contribution in [-0.2, 0) is 0 Å². The molecule has 0 N–H and O–H groups in total. The minimum Gasteiger partial charge on any atom is -0.294 e. The third-order valence-corrected chi connectivity index (χ3v) is 3.22. The van der Waals surface area contributed by atoms with Crippen molar-refractivity contribution in [3.8, 4) is 0 Å². The number of benzene rings is 1. The van der Waals surface area contributed by atoms with Crippen molar-refractivity contribution in [2.24, 2.45) is 5.92 Å². The second kappa shape index (κ2) is 6.41. The Morgan fingerprint density at radius 3 is 2.69 bits per heavy atom. The van der Waals surface area contributed by atoms with E-state index in [2.05, 4.69) is 29.8 Å². The van der Waals surface area contributed by atoms with E-state index in [4.69, 9.17) is 11.6 Å². The summed E-state index contributed by atoms with van der Waals surface area (Å²) in [6.07, 6.45) is 2.60. The summed E-state index contributed by atoms with van der Waals surface area (Å²) in [5.74, 6) is 0.784. The molecule has 0 bridgehead atoms. The lowest BCUT2D eigenvalue weighted by atomic mass is 10.0. The molecule has 0 amide bonds. The Labute approximate surface area is 110 Å². The van der Waals surface area contributed by atoms with Gasteiger partial charge in [-0.15, -0.1) is 0 Å². The van der Waals surface area contributed by atoms with E-state index in [9.17, 15) is 4.79 Å². The van der Waals surface area contributed by atoms with Gasteiger partial charge < -0.3 is 0 Å². The molecule has 0 heterocycles. The number of hydrogen-bond acceptors (Lipinski definition) is 1. The highest BCUT2D eigenvalue weighted by Crippen LogP contribution is 2.23. The van der Waals surface area contributed by atoms with E-state index >= 15 is 0 Å². The van der Waals surface area contributed by atoms with Crippen molar-refractivity contribution < 1.29 is 4.79 Å². The molecule has 0 aromatic heterocycles. The van der Waals surface area contributed by atoms with Crippen molar-refractivity contribution in [2.75, 3.05) is 0 Å². The summed E-state index contributed by atoms with van der Waals surface area (Å²) >= 11 is 9.34. The summed E-state index contributed by atoms with van der Waals surface area (Å²) in [6.45, 7) is 4.33. The number of carbonyl (C=O) groups is 1. The van der Waals surface area contributed by atoms with Gasteiger partial charge in [0.1, 0.15) is 0 Å². The molecular weight excluding hydrogens is 287 g/mol. The molecule has 0 aliphatic heterocycles. The predicted molar refractivity (Wildman–Crippen MR) is 72.2 cm³/mol. The predicted octanol–water partition coefficient (Wildman–Crippen LogP) is 5.11. The Bertz CT molecular complexity index is 374. The molecule has 1 aromatic rings. The molecule has 0 aliphatic rings. The maximum atomic E-state index is 11.9. The van der Waals surface area contributed by atoms with Crippen LogP contribution in [0.5, 0.6) is 0 Å². The van der Waals surface area contributed by atoms with Crippen LogP contribution in [0.15, 0.2) is 22.7 Å². The van der Waals surface area contributed by atoms with Gasteiger partial charge in [0.15, 0.2) is 5.78 Å². The van der Waals surface area contributed by atoms with Gasteiger partial charge in [0.2, 0.25) is 0 Å². The summed E-state index contributed by atoms with van der Waals surface area (Å²) in [4.78, 5) is 11.9. The molecular formula is C13H16BrClO. The van der Waals surface area contributed by atoms with Gasteiger partial charge in [-0.05, 0) is 30.5 Å². The molecule has 88 valence electrons. The average Bonchev–Trinajstić information content (AvgIpc) is 2.16. The Kier molecular flexibility index (Phi) is 5.50. The average molecular weight is 304 g/mol. The van der Waals surface area contributed by atoms with E-state index in [1.54, 1.807) is 12.1 Å². The van der Waals surface area contributed by atoms with Crippen LogP contribution in [-0.4, -0.2) is 5.78 Å². The first-order valence-corrected chi connectivity index (χ1v) is 6.66. The van der Waals surface area contributed by atoms with E-state index in [1.807, 2.05) is 6.07 Å². The fraction of sp³-hybridized carbons (Fsp3) is 0.462. The minimum absolute atomic E-state index is 0.137. The van der Waals surface area contributed by atoms with Crippen molar-refractivity contribution in [3.05, 3.63) is 33.3 Å². The number of carbonyl (C=O) groups excluding carboxylic acids is 1. The second-order valence-electron chi connectivity index (χ2n) is 4.33. The molecule has 0 atom stereocenters. The van der Waals surface area contributed by atoms with Crippen LogP contribution in [0.25, 0.3) is 0 Å². The van der Waals surface area contributed by atoms with E-state index < -0.39 is 0 Å². The third-order valence-electron chi connectivity index (χ3n) is 2.42. The first-order chi connectivity index (χ1) is 7.50. The standard InChI is InChI=1S/C13H16BrClO/c1-9(2)4-3-5-13(16)11-7-6-10(14)8-12(11)15/h6-9H,3-5H2,1-2H3. The molecule has 3 heteroatoms. The molecule has 0 aliphatic carbocycles. The maximum Gasteiger partial charge on any atom is 0.164 e. The highest BCUT2D eigenvalue weighted by Gasteiger charge is 2.10. The zero-order valence-electron chi connectivity index (χ0n) is 9.59. The Balaban J connectivity index is 2.59. The highest BCUT2D eigenvalue weighted by atomic mass is 79.9. The van der Waals surface area contributed by atoms with Gasteiger partial charge in [-0.3, -0.25) is 4.79 Å². The highest BCUT2D eigenvalue weighted by molar-refractivity contribution is 9.10. The molecule has 0 saturated carbocycles. The third kappa shape index (κ3) is 4.26. The molecule has 1 rings (SSSR count). The fourth-order valence-electron chi connectivity index (χ4n) is 1.52. The first kappa shape index (κ1) is 13.7. The van der Waals surface area contributed by atoms with Crippen LogP contribution >= 0.6 is 27.5 Å². The van der Waals surface area contributed by atoms with E-state index in [0.717, 1.165) is 17.3 Å². The van der Waals surface area contributed by atoms with Gasteiger partial charge in [0.25, 0.3) is 0 Å². The number of Topliss-reactive ketones (excluding diaryl/α,β-unsaturated/α-hetero) is 1. The normalized spacial score (nSPS) is 10.8. The van der Waals surface area contributed by atoms with Crippen LogP contribution in [0.3, 0.4) is 0 Å². The molecule has 0 saturated heterocycles. The lowest BCUT2D eigenvalue weighted by molar-refractivity contribution is 0.0978. The SMILES string of the molecule is CC(C)CCCC(=O)c1ccc(Br)cc1Cl. The molecule has 0 unspecified atom stereocenters. The Morgan fingerprint density at radius 2 is 2.12 bits per heavy atom. The Hall–Kier alpha value is -0.340. The van der Waals surface area contributed by atoms with E-state index in [1.165, 1.54) is 0 Å². The monoisotopic (exact) mass is 302 g/mol. The lowest BCUT2D eigenvalue weighted by Gasteiger charge is -2.05. The van der Waals surface area contributed by atoms with Gasteiger partial charge in [-0.1, -0.05) is 47.8 Å². The quantitative estimate of drug-likeness (QED) is 0.691. The summed E-state index contributed by atoms with van der Waals surface area (Å²) in [6, 6.07) is 5.39. The van der Waals surface area contributed by atoms with Crippen LogP contribution in [0, 0.1) is 5.92 Å². The number of ketones is 1. The summed E-state index contributed by atoms with van der Waals surface area (Å²) in [7, 11) is 0. The van der Waals surface area contributed by atoms with Gasteiger partial charge in [0.05, 0.1) is 5.02 Å². The summed E-state index contributed by atoms with van der Waals surface area (Å²) in [5.41, 5.74) is 0.633. The van der Waals surface area contributed by atoms with Crippen molar-refractivity contribution in [3.63, 3.8) is 0 Å². The molecule has 0 radical (unpaired) electrons. The number of halogens is 2. The smallest absolute Gasteiger partial charge is 0.164 e. The first-order valence-electron chi connectivity index (χ1n) is 5.49. The van der Waals surface area contributed by atoms with Crippen molar-refractivity contribution in [1.82, 2.24) is 0 Å². The van der Waals surface area contributed by atoms with Gasteiger partial charge in [0, 0.05) is 16.5 Å². The molecule has 16 heavy (non-hydrogen) atoms. The maximum absolute atomic E-state index is 11.9. The van der Waals surface area contributed by atoms with Gasteiger partial charge in [-0.2, -0.15) is 0 Å².